The van der Waals surface area contributed by atoms with Gasteiger partial charge in [-0.3, -0.25) is 19.2 Å². The molecule has 2 fully saturated rings. The number of phenols is 1. The molecule has 0 spiro atoms. The monoisotopic (exact) mass is 606 g/mol. The van der Waals surface area contributed by atoms with E-state index in [1.807, 2.05) is 19.0 Å². The molecule has 2 aromatic rings. The summed E-state index contributed by atoms with van der Waals surface area (Å²) in [5, 5.41) is 48.1. The minimum Gasteiger partial charge on any atom is -0.507 e. The molecule has 5 rings (SSSR count). The van der Waals surface area contributed by atoms with E-state index in [0.717, 1.165) is 0 Å². The van der Waals surface area contributed by atoms with E-state index in [9.17, 15) is 39.6 Å². The van der Waals surface area contributed by atoms with Gasteiger partial charge >= 0.3 is 0 Å². The van der Waals surface area contributed by atoms with E-state index in [0.29, 0.717) is 35.3 Å². The number of nitrogens with one attached hydrogen (secondary N) is 1. The third kappa shape index (κ3) is 4.87. The maximum Gasteiger partial charge on any atom is 0.251 e. The van der Waals surface area contributed by atoms with Crippen LogP contribution in [0.2, 0.25) is 0 Å². The van der Waals surface area contributed by atoms with Crippen molar-refractivity contribution in [1.82, 2.24) is 15.1 Å². The molecular formula is C32H38N4O8. The molecule has 2 aromatic carbocycles. The molecule has 6 atom stereocenters. The number of nitrogens with zero attached hydrogens (tertiary/aromatic N) is 2. The zero-order valence-electron chi connectivity index (χ0n) is 25.1. The molecule has 2 saturated carbocycles. The van der Waals surface area contributed by atoms with E-state index in [-0.39, 0.29) is 35.6 Å². The number of amides is 2. The number of primary amides is 1. The first-order valence-electron chi connectivity index (χ1n) is 14.5. The number of hydrogen-bond donors (Lipinski definition) is 6. The Balaban J connectivity index is 1.59. The van der Waals surface area contributed by atoms with E-state index in [1.165, 1.54) is 6.07 Å². The van der Waals surface area contributed by atoms with Gasteiger partial charge in [0, 0.05) is 36.2 Å². The summed E-state index contributed by atoms with van der Waals surface area (Å²) in [4.78, 5) is 56.1. The summed E-state index contributed by atoms with van der Waals surface area (Å²) >= 11 is 0. The second-order valence-electron chi connectivity index (χ2n) is 12.4. The lowest BCUT2D eigenvalue weighted by atomic mass is 9.54. The van der Waals surface area contributed by atoms with Crippen LogP contribution < -0.4 is 11.1 Å². The third-order valence-corrected chi connectivity index (χ3v) is 9.25. The number of aromatic hydroxyl groups is 1. The van der Waals surface area contributed by atoms with Gasteiger partial charge in [0.25, 0.3) is 5.91 Å². The van der Waals surface area contributed by atoms with Crippen molar-refractivity contribution in [2.45, 2.75) is 30.6 Å². The number of Topliss-reactive ketones (excluding diaryl/α,β-unsaturated/α-hetero) is 2. The summed E-state index contributed by atoms with van der Waals surface area (Å²) in [6.07, 6.45) is -1.39. The van der Waals surface area contributed by atoms with Crippen LogP contribution in [0, 0.1) is 17.8 Å². The number of nitrogens with two attached hydrogens (primary N) is 1. The van der Waals surface area contributed by atoms with Gasteiger partial charge in [-0.2, -0.15) is 0 Å². The highest BCUT2D eigenvalue weighted by atomic mass is 16.3. The molecule has 0 aliphatic heterocycles. The Morgan fingerprint density at radius 3 is 2.43 bits per heavy atom. The van der Waals surface area contributed by atoms with Gasteiger partial charge in [-0.05, 0) is 81.8 Å². The van der Waals surface area contributed by atoms with Gasteiger partial charge < -0.3 is 41.3 Å². The molecule has 234 valence electrons. The van der Waals surface area contributed by atoms with Crippen molar-refractivity contribution >= 4 is 29.1 Å². The van der Waals surface area contributed by atoms with Crippen LogP contribution in [0.5, 0.6) is 5.75 Å². The summed E-state index contributed by atoms with van der Waals surface area (Å²) < 4.78 is 0. The fourth-order valence-electron chi connectivity index (χ4n) is 7.20. The van der Waals surface area contributed by atoms with E-state index in [4.69, 9.17) is 5.73 Å². The Kier molecular flexibility index (Phi) is 8.14. The zero-order valence-corrected chi connectivity index (χ0v) is 25.1. The van der Waals surface area contributed by atoms with Crippen molar-refractivity contribution in [2.24, 2.45) is 23.5 Å². The largest absolute Gasteiger partial charge is 0.507 e. The summed E-state index contributed by atoms with van der Waals surface area (Å²) in [6.45, 7) is 1.13. The number of likely N-dealkylation sites (N-methyl/N-ethyl adjacent to an activating group) is 2. The summed E-state index contributed by atoms with van der Waals surface area (Å²) in [6, 6.07) is 8.99. The molecular weight excluding hydrogens is 568 g/mol. The smallest absolute Gasteiger partial charge is 0.251 e. The fourth-order valence-corrected chi connectivity index (χ4v) is 7.20. The maximum absolute atomic E-state index is 14.0. The number of rotatable bonds is 7. The van der Waals surface area contributed by atoms with Crippen LogP contribution in [-0.4, -0.2) is 113 Å². The Bertz CT molecular complexity index is 1580. The number of ketones is 2. The first-order chi connectivity index (χ1) is 20.7. The number of benzene rings is 2. The Morgan fingerprint density at radius 1 is 1.09 bits per heavy atom. The zero-order chi connectivity index (χ0) is 32.2. The van der Waals surface area contributed by atoms with Crippen LogP contribution in [0.1, 0.15) is 27.9 Å². The maximum atomic E-state index is 14.0. The molecule has 2 unspecified atom stereocenters. The number of phenolic OH excluding ortho intramolecular Hbond substituents is 1. The van der Waals surface area contributed by atoms with Crippen LogP contribution in [-0.2, 0) is 20.8 Å². The van der Waals surface area contributed by atoms with Gasteiger partial charge in [-0.1, -0.05) is 18.2 Å². The molecule has 7 N–H and O–H groups in total. The second-order valence-corrected chi connectivity index (χ2v) is 12.4. The molecule has 0 aromatic heterocycles. The number of hydrogen-bond acceptors (Lipinski definition) is 10. The molecule has 0 radical (unpaired) electrons. The van der Waals surface area contributed by atoms with Gasteiger partial charge in [0.15, 0.2) is 11.4 Å². The van der Waals surface area contributed by atoms with E-state index < -0.39 is 58.7 Å². The van der Waals surface area contributed by atoms with E-state index in [2.05, 4.69) is 5.32 Å². The molecule has 0 bridgehead atoms. The molecule has 12 heteroatoms. The van der Waals surface area contributed by atoms with Crippen molar-refractivity contribution in [3.63, 3.8) is 0 Å². The van der Waals surface area contributed by atoms with Crippen LogP contribution in [0.4, 0.5) is 0 Å². The quantitative estimate of drug-likeness (QED) is 0.235. The van der Waals surface area contributed by atoms with E-state index >= 15 is 0 Å². The van der Waals surface area contributed by atoms with Crippen LogP contribution in [0.3, 0.4) is 0 Å². The van der Waals surface area contributed by atoms with Gasteiger partial charge in [0.2, 0.25) is 11.7 Å². The molecule has 44 heavy (non-hydrogen) atoms. The van der Waals surface area contributed by atoms with Gasteiger partial charge in [0.1, 0.15) is 17.4 Å². The normalized spacial score (nSPS) is 28.0. The summed E-state index contributed by atoms with van der Waals surface area (Å²) in [5.74, 6) is -8.19. The highest BCUT2D eigenvalue weighted by molar-refractivity contribution is 6.25. The Morgan fingerprint density at radius 2 is 1.80 bits per heavy atom. The average Bonchev–Trinajstić information content (AvgIpc) is 2.94. The van der Waals surface area contributed by atoms with Crippen LogP contribution >= 0.6 is 0 Å². The SMILES string of the molecule is CN(C)CCNC(=O)c1cccc(-c2ccc(O)c3c2C[C@@H]2C[C@@H]4[C@@H](N(C)C)C(O)C(C(N)=O)C(=O)[C@]4(O)C(=O)C2=C3O)c1. The Hall–Kier alpha value is -4.10. The minimum absolute atomic E-state index is 0.0103. The molecule has 0 heterocycles. The van der Waals surface area contributed by atoms with E-state index in [1.54, 1.807) is 49.3 Å². The third-order valence-electron chi connectivity index (χ3n) is 9.25. The lowest BCUT2D eigenvalue weighted by Gasteiger charge is -2.53. The van der Waals surface area contributed by atoms with Crippen molar-refractivity contribution in [3.8, 4) is 16.9 Å². The van der Waals surface area contributed by atoms with Crippen molar-refractivity contribution in [3.05, 3.63) is 58.7 Å². The number of aliphatic hydroxyl groups is 3. The molecule has 3 aliphatic carbocycles. The lowest BCUT2D eigenvalue weighted by Crippen LogP contribution is -2.73. The Labute approximate surface area is 254 Å². The standard InChI is InChI=1S/C32H38N4O8/c1-35(2)11-10-34-31(43)16-7-5-6-15(12-16)18-8-9-21(37)23-19(18)13-17-14-20-25(36(3)4)27(39)24(30(33)42)29(41)32(20,44)28(40)22(17)26(23)38/h5-9,12,17,20,24-25,27,37-39,44H,10-11,13-14H2,1-4H3,(H2,33,42)(H,34,43)/t17-,20-,24?,25-,27?,32-/m1/s1. The van der Waals surface area contributed by atoms with Crippen molar-refractivity contribution in [2.75, 3.05) is 41.3 Å². The van der Waals surface area contributed by atoms with Gasteiger partial charge in [0.05, 0.1) is 11.7 Å². The van der Waals surface area contributed by atoms with Crippen molar-refractivity contribution < 1.29 is 39.6 Å². The number of carbonyl (C=O) groups excluding carboxylic acids is 4. The minimum atomic E-state index is -2.72. The predicted octanol–water partition coefficient (Wildman–Crippen LogP) is 0.0874. The topological polar surface area (TPSA) is 194 Å². The number of carbonyl (C=O) groups is 4. The highest BCUT2D eigenvalue weighted by Crippen LogP contribution is 2.53. The summed E-state index contributed by atoms with van der Waals surface area (Å²) in [5.41, 5.74) is 4.71. The van der Waals surface area contributed by atoms with Crippen molar-refractivity contribution in [1.29, 1.82) is 0 Å². The first kappa shape index (κ1) is 31.3. The van der Waals surface area contributed by atoms with Gasteiger partial charge in [-0.25, -0.2) is 0 Å². The number of fused-ring (bicyclic) bond motifs is 3. The first-order valence-corrected chi connectivity index (χ1v) is 14.5. The summed E-state index contributed by atoms with van der Waals surface area (Å²) in [7, 11) is 7.02. The van der Waals surface area contributed by atoms with Crippen LogP contribution in [0.15, 0.2) is 42.0 Å². The van der Waals surface area contributed by atoms with Gasteiger partial charge in [-0.15, -0.1) is 0 Å². The number of aliphatic hydroxyl groups excluding tert-OH is 2. The average molecular weight is 607 g/mol. The molecule has 3 aliphatic rings. The molecule has 2 amide bonds. The molecule has 12 nitrogen and oxygen atoms in total. The highest BCUT2D eigenvalue weighted by Gasteiger charge is 2.67. The lowest BCUT2D eigenvalue weighted by molar-refractivity contribution is -0.184. The fraction of sp³-hybridized carbons (Fsp3) is 0.438. The van der Waals surface area contributed by atoms with Crippen LogP contribution in [0.25, 0.3) is 16.9 Å². The second kappa shape index (κ2) is 11.4. The molecule has 0 saturated heterocycles. The predicted molar refractivity (Wildman–Crippen MR) is 160 cm³/mol.